The quantitative estimate of drug-likeness (QED) is 0.592. The molecule has 0 fully saturated rings. The molecule has 0 saturated carbocycles. The predicted octanol–water partition coefficient (Wildman–Crippen LogP) is 4.17. The zero-order chi connectivity index (χ0) is 21.7. The van der Waals surface area contributed by atoms with Gasteiger partial charge in [0.25, 0.3) is 0 Å². The van der Waals surface area contributed by atoms with Crippen LogP contribution in [0.25, 0.3) is 0 Å². The Hall–Kier alpha value is -3.20. The molecule has 9 heteroatoms. The number of nitrogens with zero attached hydrogens (tertiary/aromatic N) is 3. The molecule has 8 nitrogen and oxygen atoms in total. The Kier molecular flexibility index (Phi) is 4.71. The van der Waals surface area contributed by atoms with E-state index >= 15 is 0 Å². The molecule has 4 heterocycles. The summed E-state index contributed by atoms with van der Waals surface area (Å²) in [6.45, 7) is 3.11. The van der Waals surface area contributed by atoms with E-state index in [2.05, 4.69) is 17.2 Å². The minimum absolute atomic E-state index is 0.00336. The van der Waals surface area contributed by atoms with Crippen molar-refractivity contribution in [3.8, 4) is 11.5 Å². The van der Waals surface area contributed by atoms with E-state index in [0.29, 0.717) is 42.9 Å². The minimum Gasteiger partial charge on any atom is -0.486 e. The van der Waals surface area contributed by atoms with Crippen molar-refractivity contribution in [1.29, 1.82) is 0 Å². The van der Waals surface area contributed by atoms with Crippen LogP contribution >= 0.6 is 11.8 Å². The van der Waals surface area contributed by atoms with Crippen LogP contribution in [-0.2, 0) is 4.79 Å². The Labute approximate surface area is 189 Å². The number of aromatic nitrogens is 3. The van der Waals surface area contributed by atoms with Gasteiger partial charge in [-0.1, -0.05) is 24.8 Å². The zero-order valence-corrected chi connectivity index (χ0v) is 18.4. The van der Waals surface area contributed by atoms with Gasteiger partial charge in [0.1, 0.15) is 25.0 Å². The van der Waals surface area contributed by atoms with Gasteiger partial charge in [-0.05, 0) is 42.0 Å². The number of anilines is 1. The molecule has 0 amide bonds. The molecule has 0 bridgehead atoms. The first-order valence-electron chi connectivity index (χ1n) is 10.8. The molecular formula is C23H22N4O4S. The zero-order valence-electron chi connectivity index (χ0n) is 17.5. The second-order valence-corrected chi connectivity index (χ2v) is 9.19. The number of allylic oxidation sites excluding steroid dienone is 2. The summed E-state index contributed by atoms with van der Waals surface area (Å²) in [6.07, 6.45) is 2.73. The fourth-order valence-electron chi connectivity index (χ4n) is 4.65. The van der Waals surface area contributed by atoms with Crippen molar-refractivity contribution in [3.05, 3.63) is 59.2 Å². The summed E-state index contributed by atoms with van der Waals surface area (Å²) in [5, 5.41) is 8.82. The van der Waals surface area contributed by atoms with Crippen molar-refractivity contribution in [2.24, 2.45) is 0 Å². The summed E-state index contributed by atoms with van der Waals surface area (Å²) in [5.74, 6) is 3.84. The van der Waals surface area contributed by atoms with E-state index in [1.165, 1.54) is 0 Å². The fraction of sp³-hybridized carbons (Fsp3) is 0.348. The lowest BCUT2D eigenvalue weighted by Crippen LogP contribution is -2.33. The first-order valence-corrected chi connectivity index (χ1v) is 11.8. The van der Waals surface area contributed by atoms with E-state index in [1.54, 1.807) is 18.0 Å². The molecule has 3 aromatic rings. The monoisotopic (exact) mass is 450 g/mol. The molecule has 32 heavy (non-hydrogen) atoms. The number of Topliss-reactive ketones (excluding diaryl/α,β-unsaturated/α-hetero) is 1. The van der Waals surface area contributed by atoms with Crippen molar-refractivity contribution >= 4 is 23.5 Å². The molecule has 0 radical (unpaired) electrons. The van der Waals surface area contributed by atoms with Crippen molar-refractivity contribution in [2.75, 3.05) is 24.3 Å². The van der Waals surface area contributed by atoms with Gasteiger partial charge in [-0.2, -0.15) is 4.98 Å². The van der Waals surface area contributed by atoms with Crippen LogP contribution in [0, 0.1) is 0 Å². The maximum atomic E-state index is 13.5. The smallest absolute Gasteiger partial charge is 0.227 e. The molecule has 2 atom stereocenters. The number of rotatable bonds is 4. The molecule has 2 aliphatic heterocycles. The van der Waals surface area contributed by atoms with Gasteiger partial charge < -0.3 is 19.2 Å². The highest BCUT2D eigenvalue weighted by molar-refractivity contribution is 7.99. The van der Waals surface area contributed by atoms with Crippen LogP contribution < -0.4 is 14.8 Å². The number of hydrogen-bond acceptors (Lipinski definition) is 8. The largest absolute Gasteiger partial charge is 0.486 e. The van der Waals surface area contributed by atoms with Crippen molar-refractivity contribution < 1.29 is 18.7 Å². The number of carbonyl (C=O) groups excluding carboxylic acids is 1. The van der Waals surface area contributed by atoms with Crippen LogP contribution in [0.3, 0.4) is 0 Å². The SMILES string of the molecule is CCSc1nc2n(n1)C(c1ccc3c(c1)OCCO3)C1=C(CC(c3ccco3)CC1=O)N2. The summed E-state index contributed by atoms with van der Waals surface area (Å²) in [7, 11) is 0. The fourth-order valence-corrected chi connectivity index (χ4v) is 5.20. The van der Waals surface area contributed by atoms with E-state index in [-0.39, 0.29) is 17.7 Å². The maximum absolute atomic E-state index is 13.5. The molecule has 1 aliphatic carbocycles. The van der Waals surface area contributed by atoms with Gasteiger partial charge in [0.15, 0.2) is 17.3 Å². The lowest BCUT2D eigenvalue weighted by atomic mass is 9.79. The average Bonchev–Trinajstić information content (AvgIpc) is 3.47. The summed E-state index contributed by atoms with van der Waals surface area (Å²) >= 11 is 1.58. The molecule has 0 saturated heterocycles. The van der Waals surface area contributed by atoms with Crippen molar-refractivity contribution in [1.82, 2.24) is 14.8 Å². The molecule has 6 rings (SSSR count). The van der Waals surface area contributed by atoms with Gasteiger partial charge in [-0.15, -0.1) is 5.10 Å². The number of carbonyl (C=O) groups is 1. The van der Waals surface area contributed by atoms with Gasteiger partial charge in [0, 0.05) is 23.6 Å². The summed E-state index contributed by atoms with van der Waals surface area (Å²) in [4.78, 5) is 18.2. The minimum atomic E-state index is -0.374. The molecule has 2 unspecified atom stereocenters. The summed E-state index contributed by atoms with van der Waals surface area (Å²) < 4.78 is 18.9. The molecule has 1 N–H and O–H groups in total. The predicted molar refractivity (Wildman–Crippen MR) is 118 cm³/mol. The van der Waals surface area contributed by atoms with Gasteiger partial charge in [-0.25, -0.2) is 4.68 Å². The maximum Gasteiger partial charge on any atom is 0.227 e. The lowest BCUT2D eigenvalue weighted by molar-refractivity contribution is -0.117. The van der Waals surface area contributed by atoms with Crippen LogP contribution in [0.2, 0.25) is 0 Å². The van der Waals surface area contributed by atoms with Crippen LogP contribution in [0.1, 0.15) is 43.0 Å². The third-order valence-corrected chi connectivity index (χ3v) is 6.72. The highest BCUT2D eigenvalue weighted by atomic mass is 32.2. The number of nitrogens with one attached hydrogen (secondary N) is 1. The molecule has 3 aliphatic rings. The highest BCUT2D eigenvalue weighted by Crippen LogP contribution is 2.45. The van der Waals surface area contributed by atoms with Crippen LogP contribution in [0.4, 0.5) is 5.95 Å². The Balaban J connectivity index is 1.46. The normalized spacial score (nSPS) is 21.7. The summed E-state index contributed by atoms with van der Waals surface area (Å²) in [5.41, 5.74) is 2.54. The number of fused-ring (bicyclic) bond motifs is 2. The first kappa shape index (κ1) is 19.5. The Morgan fingerprint density at radius 1 is 1.19 bits per heavy atom. The number of ether oxygens (including phenoxy) is 2. The standard InChI is InChI=1S/C23H22N4O4S/c1-2-32-23-25-22-24-15-10-14(17-4-3-7-29-17)11-16(28)20(15)21(27(22)26-23)13-5-6-18-19(12-13)31-9-8-30-18/h3-7,12,14,21H,2,8-11H2,1H3,(H,24,25,26). The Morgan fingerprint density at radius 2 is 2.06 bits per heavy atom. The summed E-state index contributed by atoms with van der Waals surface area (Å²) in [6, 6.07) is 9.27. The number of furan rings is 1. The van der Waals surface area contributed by atoms with Crippen LogP contribution in [0.5, 0.6) is 11.5 Å². The second kappa shape index (κ2) is 7.74. The molecule has 0 spiro atoms. The van der Waals surface area contributed by atoms with E-state index in [1.807, 2.05) is 35.0 Å². The topological polar surface area (TPSA) is 91.4 Å². The second-order valence-electron chi connectivity index (χ2n) is 7.96. The van der Waals surface area contributed by atoms with Gasteiger partial charge >= 0.3 is 0 Å². The van der Waals surface area contributed by atoms with E-state index in [9.17, 15) is 4.79 Å². The van der Waals surface area contributed by atoms with E-state index in [4.69, 9.17) is 19.0 Å². The van der Waals surface area contributed by atoms with Crippen molar-refractivity contribution in [3.63, 3.8) is 0 Å². The average molecular weight is 451 g/mol. The lowest BCUT2D eigenvalue weighted by Gasteiger charge is -2.34. The number of hydrogen-bond donors (Lipinski definition) is 1. The molecule has 1 aromatic carbocycles. The first-order chi connectivity index (χ1) is 15.7. The number of thioether (sulfide) groups is 1. The molecule has 164 valence electrons. The number of ketones is 1. The van der Waals surface area contributed by atoms with Gasteiger partial charge in [0.05, 0.1) is 6.26 Å². The van der Waals surface area contributed by atoms with Crippen molar-refractivity contribution in [2.45, 2.75) is 36.9 Å². The van der Waals surface area contributed by atoms with Crippen LogP contribution in [-0.4, -0.2) is 39.5 Å². The highest BCUT2D eigenvalue weighted by Gasteiger charge is 2.40. The van der Waals surface area contributed by atoms with Gasteiger partial charge in [0.2, 0.25) is 11.1 Å². The molecular weight excluding hydrogens is 428 g/mol. The van der Waals surface area contributed by atoms with Crippen LogP contribution in [0.15, 0.2) is 57.4 Å². The third kappa shape index (κ3) is 3.19. The molecule has 2 aromatic heterocycles. The van der Waals surface area contributed by atoms with E-state index in [0.717, 1.165) is 34.1 Å². The third-order valence-electron chi connectivity index (χ3n) is 6.00. The Morgan fingerprint density at radius 3 is 2.88 bits per heavy atom. The van der Waals surface area contributed by atoms with Gasteiger partial charge in [-0.3, -0.25) is 4.79 Å². The Bertz CT molecular complexity index is 1220. The number of benzene rings is 1. The van der Waals surface area contributed by atoms with E-state index < -0.39 is 0 Å².